The van der Waals surface area contributed by atoms with Gasteiger partial charge in [0.15, 0.2) is 0 Å². The molecule has 0 aromatic heterocycles. The van der Waals surface area contributed by atoms with Gasteiger partial charge in [0.25, 0.3) is 0 Å². The fourth-order valence-corrected chi connectivity index (χ4v) is 4.28. The van der Waals surface area contributed by atoms with Crippen molar-refractivity contribution in [2.45, 2.75) is 64.5 Å². The maximum atomic E-state index is 14.0. The predicted molar refractivity (Wildman–Crippen MR) is 113 cm³/mol. The average molecular weight is 454 g/mol. The summed E-state index contributed by atoms with van der Waals surface area (Å²) in [6, 6.07) is 2.28. The number of amides is 2. The summed E-state index contributed by atoms with van der Waals surface area (Å²) >= 11 is 0. The van der Waals surface area contributed by atoms with Crippen LogP contribution in [0.25, 0.3) is 0 Å². The van der Waals surface area contributed by atoms with E-state index in [-0.39, 0.29) is 36.5 Å². The number of piperidine rings is 1. The fraction of sp³-hybridized carbons (Fsp3) is 0.565. The van der Waals surface area contributed by atoms with Crippen LogP contribution in [0.3, 0.4) is 0 Å². The maximum absolute atomic E-state index is 14.0. The van der Waals surface area contributed by atoms with E-state index >= 15 is 0 Å². The van der Waals surface area contributed by atoms with Crippen molar-refractivity contribution in [3.05, 3.63) is 46.5 Å². The van der Waals surface area contributed by atoms with Gasteiger partial charge in [-0.2, -0.15) is 0 Å². The van der Waals surface area contributed by atoms with E-state index in [4.69, 9.17) is 4.74 Å². The highest BCUT2D eigenvalue weighted by atomic mass is 19.1. The van der Waals surface area contributed by atoms with Gasteiger partial charge in [-0.1, -0.05) is 11.6 Å². The van der Waals surface area contributed by atoms with Gasteiger partial charge in [0.1, 0.15) is 23.5 Å². The molecule has 3 unspecified atom stereocenters. The van der Waals surface area contributed by atoms with E-state index < -0.39 is 35.5 Å². The second-order valence-electron chi connectivity index (χ2n) is 9.09. The quantitative estimate of drug-likeness (QED) is 0.593. The zero-order chi connectivity index (χ0) is 23.6. The summed E-state index contributed by atoms with van der Waals surface area (Å²) in [6.07, 6.45) is -0.00261. The van der Waals surface area contributed by atoms with Crippen LogP contribution < -0.4 is 16.0 Å². The fourth-order valence-electron chi connectivity index (χ4n) is 4.28. The molecule has 1 saturated heterocycles. The Balaban J connectivity index is 1.73. The molecule has 32 heavy (non-hydrogen) atoms. The Kier molecular flexibility index (Phi) is 7.29. The molecule has 0 spiro atoms. The summed E-state index contributed by atoms with van der Waals surface area (Å²) in [5.41, 5.74) is -0.327. The van der Waals surface area contributed by atoms with Crippen molar-refractivity contribution < 1.29 is 27.5 Å². The molecule has 4 atom stereocenters. The minimum absolute atomic E-state index is 0.105. The van der Waals surface area contributed by atoms with Crippen molar-refractivity contribution in [2.24, 2.45) is 5.92 Å². The lowest BCUT2D eigenvalue weighted by Gasteiger charge is -2.43. The first-order valence-electron chi connectivity index (χ1n) is 10.7. The summed E-state index contributed by atoms with van der Waals surface area (Å²) in [5, 5.41) is 8.83. The molecule has 6 nitrogen and oxygen atoms in total. The van der Waals surface area contributed by atoms with E-state index in [1.165, 1.54) is 19.9 Å². The van der Waals surface area contributed by atoms with E-state index in [0.717, 1.165) is 12.1 Å². The maximum Gasteiger partial charge on any atom is 0.247 e. The SMILES string of the molecule is CC1=C(CC(=O)N[C@@H](C)c2ccc(F)cc2F)C(=O)NC2CCNC(OCC(C)(C)F)C12. The van der Waals surface area contributed by atoms with Gasteiger partial charge in [0.05, 0.1) is 19.1 Å². The Morgan fingerprint density at radius 3 is 2.72 bits per heavy atom. The lowest BCUT2D eigenvalue weighted by molar-refractivity contribution is -0.126. The second kappa shape index (κ2) is 9.62. The summed E-state index contributed by atoms with van der Waals surface area (Å²) in [4.78, 5) is 25.3. The highest BCUT2D eigenvalue weighted by molar-refractivity contribution is 6.00. The van der Waals surface area contributed by atoms with Crippen LogP contribution in [-0.4, -0.2) is 42.9 Å². The van der Waals surface area contributed by atoms with Crippen molar-refractivity contribution >= 4 is 11.8 Å². The van der Waals surface area contributed by atoms with Gasteiger partial charge in [-0.15, -0.1) is 0 Å². The molecule has 3 N–H and O–H groups in total. The zero-order valence-corrected chi connectivity index (χ0v) is 18.7. The van der Waals surface area contributed by atoms with Gasteiger partial charge in [-0.3, -0.25) is 14.9 Å². The molecule has 2 aliphatic rings. The number of hydrogen-bond donors (Lipinski definition) is 3. The van der Waals surface area contributed by atoms with Crippen molar-refractivity contribution in [1.82, 2.24) is 16.0 Å². The summed E-state index contributed by atoms with van der Waals surface area (Å²) in [5.74, 6) is -2.48. The van der Waals surface area contributed by atoms with Gasteiger partial charge in [-0.05, 0) is 46.7 Å². The van der Waals surface area contributed by atoms with E-state index in [0.29, 0.717) is 24.1 Å². The topological polar surface area (TPSA) is 79.5 Å². The van der Waals surface area contributed by atoms with Crippen LogP contribution >= 0.6 is 0 Å². The van der Waals surface area contributed by atoms with Gasteiger partial charge in [-0.25, -0.2) is 13.2 Å². The van der Waals surface area contributed by atoms with Gasteiger partial charge in [0, 0.05) is 29.2 Å². The molecule has 3 rings (SSSR count). The third-order valence-corrected chi connectivity index (χ3v) is 5.88. The number of rotatable bonds is 7. The van der Waals surface area contributed by atoms with Gasteiger partial charge in [0.2, 0.25) is 11.8 Å². The average Bonchev–Trinajstić information content (AvgIpc) is 2.68. The van der Waals surface area contributed by atoms with Crippen LogP contribution in [0.5, 0.6) is 0 Å². The number of nitrogens with one attached hydrogen (secondary N) is 3. The minimum Gasteiger partial charge on any atom is -0.359 e. The van der Waals surface area contributed by atoms with Crippen LogP contribution in [0.2, 0.25) is 0 Å². The summed E-state index contributed by atoms with van der Waals surface area (Å²) in [6.45, 7) is 6.74. The number of benzene rings is 1. The van der Waals surface area contributed by atoms with Crippen LogP contribution in [0.15, 0.2) is 29.3 Å². The molecule has 0 bridgehead atoms. The zero-order valence-electron chi connectivity index (χ0n) is 18.7. The highest BCUT2D eigenvalue weighted by Crippen LogP contribution is 2.33. The van der Waals surface area contributed by atoms with Crippen LogP contribution in [0.1, 0.15) is 52.1 Å². The Labute approximate surface area is 186 Å². The Bertz CT molecular complexity index is 913. The third-order valence-electron chi connectivity index (χ3n) is 5.88. The Morgan fingerprint density at radius 1 is 1.34 bits per heavy atom. The Morgan fingerprint density at radius 2 is 2.06 bits per heavy atom. The van der Waals surface area contributed by atoms with E-state index in [2.05, 4.69) is 16.0 Å². The minimum atomic E-state index is -1.50. The summed E-state index contributed by atoms with van der Waals surface area (Å²) in [7, 11) is 0. The van der Waals surface area contributed by atoms with Crippen molar-refractivity contribution in [3.63, 3.8) is 0 Å². The molecule has 0 aliphatic carbocycles. The van der Waals surface area contributed by atoms with E-state index in [1.54, 1.807) is 13.8 Å². The Hall–Kier alpha value is -2.39. The molecule has 1 aromatic rings. The monoisotopic (exact) mass is 453 g/mol. The lowest BCUT2D eigenvalue weighted by Crippen LogP contribution is -2.59. The van der Waals surface area contributed by atoms with Crippen LogP contribution in [-0.2, 0) is 14.3 Å². The van der Waals surface area contributed by atoms with Crippen LogP contribution in [0.4, 0.5) is 13.2 Å². The molecule has 2 amide bonds. The first-order valence-corrected chi connectivity index (χ1v) is 10.7. The van der Waals surface area contributed by atoms with Gasteiger partial charge < -0.3 is 15.4 Å². The molecule has 0 saturated carbocycles. The number of fused-ring (bicyclic) bond motifs is 1. The molecular formula is C23H30F3N3O3. The van der Waals surface area contributed by atoms with E-state index in [1.807, 2.05) is 0 Å². The normalized spacial score (nSPS) is 24.6. The molecule has 2 heterocycles. The number of halogens is 3. The number of alkyl halides is 1. The van der Waals surface area contributed by atoms with Gasteiger partial charge >= 0.3 is 0 Å². The van der Waals surface area contributed by atoms with Crippen molar-refractivity contribution in [2.75, 3.05) is 13.2 Å². The molecule has 9 heteroatoms. The first kappa shape index (κ1) is 24.3. The molecule has 0 radical (unpaired) electrons. The number of carbonyl (C=O) groups is 2. The molecule has 1 fully saturated rings. The predicted octanol–water partition coefficient (Wildman–Crippen LogP) is 3.05. The second-order valence-corrected chi connectivity index (χ2v) is 9.09. The molecular weight excluding hydrogens is 423 g/mol. The largest absolute Gasteiger partial charge is 0.359 e. The highest BCUT2D eigenvalue weighted by Gasteiger charge is 2.42. The first-order chi connectivity index (χ1) is 15.0. The lowest BCUT2D eigenvalue weighted by atomic mass is 9.79. The number of hydrogen-bond acceptors (Lipinski definition) is 4. The molecule has 1 aromatic carbocycles. The molecule has 2 aliphatic heterocycles. The third kappa shape index (κ3) is 5.69. The smallest absolute Gasteiger partial charge is 0.247 e. The van der Waals surface area contributed by atoms with Crippen LogP contribution in [0, 0.1) is 17.6 Å². The summed E-state index contributed by atoms with van der Waals surface area (Å²) < 4.78 is 46.9. The molecule has 176 valence electrons. The van der Waals surface area contributed by atoms with Crippen molar-refractivity contribution in [3.8, 4) is 0 Å². The number of ether oxygens (including phenoxy) is 1. The van der Waals surface area contributed by atoms with E-state index in [9.17, 15) is 22.8 Å². The standard InChI is InChI=1S/C23H30F3N3O3/c1-12-16(10-19(30)28-13(2)15-6-5-14(24)9-17(15)25)21(31)29-18-7-8-27-22(20(12)18)32-11-23(3,4)26/h5-6,9,13,18,20,22,27H,7-8,10-11H2,1-4H3,(H,28,30)(H,29,31)/t13-,18?,20?,22?/m0/s1. The number of carbonyl (C=O) groups excluding carboxylic acids is 2. The van der Waals surface area contributed by atoms with Crippen molar-refractivity contribution in [1.29, 1.82) is 0 Å².